The first kappa shape index (κ1) is 10.4. The highest BCUT2D eigenvalue weighted by Crippen LogP contribution is 2.30. The average Bonchev–Trinajstić information content (AvgIpc) is 2.49. The molecular weight excluding hydrogens is 281 g/mol. The van der Waals surface area contributed by atoms with Crippen molar-refractivity contribution in [3.63, 3.8) is 0 Å². The number of nitrogens with one attached hydrogen (secondary N) is 2. The minimum Gasteiger partial charge on any atom is -0.309 e. The molecule has 0 aliphatic heterocycles. The van der Waals surface area contributed by atoms with Crippen molar-refractivity contribution in [3.8, 4) is 0 Å². The highest BCUT2D eigenvalue weighted by molar-refractivity contribution is 9.10. The number of carbonyl (C=O) groups excluding carboxylic acids is 1. The SMILES string of the molecule is CC(=O)Nc1n[nH]c2cc(Cl)c(Br)cc12. The van der Waals surface area contributed by atoms with Crippen molar-refractivity contribution in [1.82, 2.24) is 10.2 Å². The van der Waals surface area contributed by atoms with Crippen molar-refractivity contribution < 1.29 is 4.79 Å². The van der Waals surface area contributed by atoms with E-state index in [0.29, 0.717) is 10.8 Å². The zero-order valence-electron chi connectivity index (χ0n) is 7.77. The van der Waals surface area contributed by atoms with Gasteiger partial charge in [-0.2, -0.15) is 5.10 Å². The number of nitrogens with zero attached hydrogens (tertiary/aromatic N) is 1. The minimum absolute atomic E-state index is 0.158. The number of rotatable bonds is 1. The molecule has 0 bridgehead atoms. The van der Waals surface area contributed by atoms with Gasteiger partial charge in [0, 0.05) is 16.8 Å². The molecule has 0 radical (unpaired) electrons. The molecule has 1 heterocycles. The Hall–Kier alpha value is -1.07. The summed E-state index contributed by atoms with van der Waals surface area (Å²) in [7, 11) is 0. The normalized spacial score (nSPS) is 10.6. The van der Waals surface area contributed by atoms with Crippen molar-refractivity contribution in [3.05, 3.63) is 21.6 Å². The van der Waals surface area contributed by atoms with Gasteiger partial charge >= 0.3 is 0 Å². The van der Waals surface area contributed by atoms with Crippen LogP contribution in [0.2, 0.25) is 5.02 Å². The molecule has 1 amide bonds. The van der Waals surface area contributed by atoms with Gasteiger partial charge in [0.25, 0.3) is 0 Å². The predicted octanol–water partition coefficient (Wildman–Crippen LogP) is 2.94. The first-order valence-electron chi connectivity index (χ1n) is 4.18. The van der Waals surface area contributed by atoms with Crippen molar-refractivity contribution >= 4 is 50.2 Å². The highest BCUT2D eigenvalue weighted by atomic mass is 79.9. The van der Waals surface area contributed by atoms with E-state index in [4.69, 9.17) is 11.6 Å². The molecule has 0 spiro atoms. The molecule has 6 heteroatoms. The van der Waals surface area contributed by atoms with Crippen LogP contribution in [0.3, 0.4) is 0 Å². The van der Waals surface area contributed by atoms with Gasteiger partial charge in [-0.3, -0.25) is 9.89 Å². The number of aromatic amines is 1. The van der Waals surface area contributed by atoms with E-state index in [1.165, 1.54) is 6.92 Å². The molecule has 78 valence electrons. The van der Waals surface area contributed by atoms with Crippen molar-refractivity contribution in [2.45, 2.75) is 6.92 Å². The smallest absolute Gasteiger partial charge is 0.222 e. The van der Waals surface area contributed by atoms with Gasteiger partial charge in [0.15, 0.2) is 5.82 Å². The maximum absolute atomic E-state index is 10.9. The van der Waals surface area contributed by atoms with Crippen LogP contribution in [0.15, 0.2) is 16.6 Å². The van der Waals surface area contributed by atoms with E-state index in [9.17, 15) is 4.79 Å². The van der Waals surface area contributed by atoms with Crippen LogP contribution in [-0.4, -0.2) is 16.1 Å². The number of fused-ring (bicyclic) bond motifs is 1. The molecule has 15 heavy (non-hydrogen) atoms. The summed E-state index contributed by atoms with van der Waals surface area (Å²) in [6, 6.07) is 3.56. The maximum atomic E-state index is 10.9. The summed E-state index contributed by atoms with van der Waals surface area (Å²) < 4.78 is 0.768. The second-order valence-electron chi connectivity index (χ2n) is 3.07. The Morgan fingerprint density at radius 1 is 1.60 bits per heavy atom. The minimum atomic E-state index is -0.158. The summed E-state index contributed by atoms with van der Waals surface area (Å²) in [5, 5.41) is 10.8. The topological polar surface area (TPSA) is 57.8 Å². The number of halogens is 2. The monoisotopic (exact) mass is 287 g/mol. The zero-order chi connectivity index (χ0) is 11.0. The molecule has 1 aromatic carbocycles. The van der Waals surface area contributed by atoms with Gasteiger partial charge in [-0.25, -0.2) is 0 Å². The summed E-state index contributed by atoms with van der Waals surface area (Å²) in [4.78, 5) is 10.9. The van der Waals surface area contributed by atoms with E-state index in [2.05, 4.69) is 31.4 Å². The van der Waals surface area contributed by atoms with Crippen LogP contribution in [0.5, 0.6) is 0 Å². The Bertz CT molecular complexity index is 537. The first-order valence-corrected chi connectivity index (χ1v) is 5.35. The molecular formula is C9H7BrClN3O. The summed E-state index contributed by atoms with van der Waals surface area (Å²) in [5.41, 5.74) is 0.784. The van der Waals surface area contributed by atoms with Crippen molar-refractivity contribution in [2.24, 2.45) is 0 Å². The lowest BCUT2D eigenvalue weighted by Crippen LogP contribution is -2.06. The summed E-state index contributed by atoms with van der Waals surface area (Å²) in [6.45, 7) is 1.44. The van der Waals surface area contributed by atoms with E-state index in [-0.39, 0.29) is 5.91 Å². The zero-order valence-corrected chi connectivity index (χ0v) is 10.1. The third-order valence-corrected chi connectivity index (χ3v) is 3.10. The van der Waals surface area contributed by atoms with E-state index in [0.717, 1.165) is 15.4 Å². The molecule has 2 rings (SSSR count). The van der Waals surface area contributed by atoms with Crippen LogP contribution in [-0.2, 0) is 4.79 Å². The maximum Gasteiger partial charge on any atom is 0.222 e. The fourth-order valence-corrected chi connectivity index (χ4v) is 1.78. The number of carbonyl (C=O) groups is 1. The van der Waals surface area contributed by atoms with Gasteiger partial charge in [-0.05, 0) is 28.1 Å². The van der Waals surface area contributed by atoms with Gasteiger partial charge in [0.2, 0.25) is 5.91 Å². The van der Waals surface area contributed by atoms with Crippen molar-refractivity contribution in [2.75, 3.05) is 5.32 Å². The van der Waals surface area contributed by atoms with Gasteiger partial charge in [0.05, 0.1) is 10.5 Å². The van der Waals surface area contributed by atoms with Crippen LogP contribution >= 0.6 is 27.5 Å². The molecule has 0 saturated heterocycles. The Balaban J connectivity index is 2.59. The van der Waals surface area contributed by atoms with Crippen LogP contribution in [0, 0.1) is 0 Å². The molecule has 2 aromatic rings. The number of benzene rings is 1. The lowest BCUT2D eigenvalue weighted by Gasteiger charge is -1.98. The molecule has 0 aliphatic carbocycles. The molecule has 0 saturated carbocycles. The summed E-state index contributed by atoms with van der Waals surface area (Å²) in [6.07, 6.45) is 0. The van der Waals surface area contributed by atoms with Crippen LogP contribution in [0.1, 0.15) is 6.92 Å². The predicted molar refractivity (Wildman–Crippen MR) is 63.1 cm³/mol. The number of amides is 1. The molecule has 2 N–H and O–H groups in total. The molecule has 4 nitrogen and oxygen atoms in total. The van der Waals surface area contributed by atoms with Gasteiger partial charge in [-0.1, -0.05) is 11.6 Å². The second-order valence-corrected chi connectivity index (χ2v) is 4.33. The van der Waals surface area contributed by atoms with Gasteiger partial charge in [0.1, 0.15) is 0 Å². The number of hydrogen-bond donors (Lipinski definition) is 2. The number of aromatic nitrogens is 2. The Morgan fingerprint density at radius 3 is 3.00 bits per heavy atom. The van der Waals surface area contributed by atoms with E-state index < -0.39 is 0 Å². The quantitative estimate of drug-likeness (QED) is 0.847. The lowest BCUT2D eigenvalue weighted by molar-refractivity contribution is -0.114. The Morgan fingerprint density at radius 2 is 2.33 bits per heavy atom. The molecule has 0 unspecified atom stereocenters. The molecule has 0 atom stereocenters. The van der Waals surface area contributed by atoms with Crippen LogP contribution in [0.25, 0.3) is 10.9 Å². The lowest BCUT2D eigenvalue weighted by atomic mass is 10.2. The number of H-pyrrole nitrogens is 1. The largest absolute Gasteiger partial charge is 0.309 e. The standard InChI is InChI=1S/C9H7BrClN3O/c1-4(15)12-9-5-2-6(10)7(11)3-8(5)13-14-9/h2-3H,1H3,(H2,12,13,14,15). The van der Waals surface area contributed by atoms with Gasteiger partial charge in [-0.15, -0.1) is 0 Å². The molecule has 0 fully saturated rings. The first-order chi connectivity index (χ1) is 7.08. The van der Waals surface area contributed by atoms with Crippen molar-refractivity contribution in [1.29, 1.82) is 0 Å². The average molecular weight is 289 g/mol. The Labute approximate surface area is 99.1 Å². The highest BCUT2D eigenvalue weighted by Gasteiger charge is 2.09. The van der Waals surface area contributed by atoms with Gasteiger partial charge < -0.3 is 5.32 Å². The fourth-order valence-electron chi connectivity index (χ4n) is 1.27. The Kier molecular flexibility index (Phi) is 2.67. The summed E-state index contributed by atoms with van der Waals surface area (Å²) >= 11 is 9.24. The summed E-state index contributed by atoms with van der Waals surface area (Å²) in [5.74, 6) is 0.351. The fraction of sp³-hybridized carbons (Fsp3) is 0.111. The van der Waals surface area contributed by atoms with E-state index >= 15 is 0 Å². The molecule has 0 aliphatic rings. The number of anilines is 1. The van der Waals surface area contributed by atoms with E-state index in [1.54, 1.807) is 6.07 Å². The number of hydrogen-bond acceptors (Lipinski definition) is 2. The third kappa shape index (κ3) is 1.98. The second kappa shape index (κ2) is 3.83. The van der Waals surface area contributed by atoms with Crippen LogP contribution in [0.4, 0.5) is 5.82 Å². The van der Waals surface area contributed by atoms with E-state index in [1.807, 2.05) is 6.07 Å². The molecule has 1 aromatic heterocycles. The van der Waals surface area contributed by atoms with Crippen LogP contribution < -0.4 is 5.32 Å². The third-order valence-electron chi connectivity index (χ3n) is 1.90.